The summed E-state index contributed by atoms with van der Waals surface area (Å²) in [6.07, 6.45) is 4.50. The molecule has 156 valence electrons. The van der Waals surface area contributed by atoms with Crippen LogP contribution in [0.2, 0.25) is 5.02 Å². The van der Waals surface area contributed by atoms with Crippen LogP contribution in [0.5, 0.6) is 11.6 Å². The van der Waals surface area contributed by atoms with Crippen LogP contribution in [0, 0.1) is 0 Å². The molecule has 2 aliphatic rings. The van der Waals surface area contributed by atoms with Gasteiger partial charge < -0.3 is 14.4 Å². The van der Waals surface area contributed by atoms with Gasteiger partial charge in [0, 0.05) is 37.1 Å². The zero-order valence-corrected chi connectivity index (χ0v) is 17.8. The van der Waals surface area contributed by atoms with Crippen LogP contribution in [-0.4, -0.2) is 54.2 Å². The number of ether oxygens (including phenoxy) is 2. The summed E-state index contributed by atoms with van der Waals surface area (Å²) in [5.41, 5.74) is 2.75. The summed E-state index contributed by atoms with van der Waals surface area (Å²) in [5.74, 6) is 1.29. The number of methoxy groups -OCH3 is 1. The average molecular weight is 425 g/mol. The van der Waals surface area contributed by atoms with E-state index < -0.39 is 0 Å². The van der Waals surface area contributed by atoms with Crippen molar-refractivity contribution >= 4 is 28.3 Å². The Morgan fingerprint density at radius 3 is 2.83 bits per heavy atom. The lowest BCUT2D eigenvalue weighted by Gasteiger charge is -2.38. The molecule has 2 fully saturated rings. The molecule has 4 heterocycles. The van der Waals surface area contributed by atoms with Crippen molar-refractivity contribution in [1.82, 2.24) is 14.9 Å². The molecule has 2 aromatic heterocycles. The number of fused-ring (bicyclic) bond motifs is 2. The predicted octanol–water partition coefficient (Wildman–Crippen LogP) is 4.16. The Kier molecular flexibility index (Phi) is 5.35. The van der Waals surface area contributed by atoms with Crippen molar-refractivity contribution in [3.63, 3.8) is 0 Å². The maximum Gasteiger partial charge on any atom is 0.217 e. The van der Waals surface area contributed by atoms with E-state index in [1.54, 1.807) is 13.2 Å². The first-order chi connectivity index (χ1) is 14.7. The van der Waals surface area contributed by atoms with Crippen LogP contribution >= 0.6 is 11.6 Å². The van der Waals surface area contributed by atoms with Gasteiger partial charge in [0.15, 0.2) is 5.65 Å². The topological polar surface area (TPSA) is 50.7 Å². The fourth-order valence-electron chi connectivity index (χ4n) is 4.39. The van der Waals surface area contributed by atoms with Crippen molar-refractivity contribution in [3.8, 4) is 11.6 Å². The minimum absolute atomic E-state index is 0.405. The molecule has 30 heavy (non-hydrogen) atoms. The second-order valence-electron chi connectivity index (χ2n) is 7.92. The van der Waals surface area contributed by atoms with Crippen molar-refractivity contribution in [3.05, 3.63) is 53.2 Å². The number of benzene rings is 1. The Balaban J connectivity index is 1.32. The highest BCUT2D eigenvalue weighted by Gasteiger charge is 2.30. The molecule has 1 aromatic carbocycles. The molecule has 0 radical (unpaired) electrons. The van der Waals surface area contributed by atoms with Crippen LogP contribution in [0.25, 0.3) is 11.0 Å². The average Bonchev–Trinajstić information content (AvgIpc) is 3.26. The highest BCUT2D eigenvalue weighted by atomic mass is 35.5. The van der Waals surface area contributed by atoms with Crippen molar-refractivity contribution in [2.75, 3.05) is 38.2 Å². The van der Waals surface area contributed by atoms with Gasteiger partial charge in [0.1, 0.15) is 12.4 Å². The first-order valence-electron chi connectivity index (χ1n) is 10.4. The highest BCUT2D eigenvalue weighted by molar-refractivity contribution is 6.35. The number of piperazine rings is 1. The Morgan fingerprint density at radius 2 is 2.00 bits per heavy atom. The zero-order chi connectivity index (χ0) is 20.5. The molecule has 3 aromatic rings. The fraction of sp³-hybridized carbons (Fsp3) is 0.391. The van der Waals surface area contributed by atoms with Crippen LogP contribution in [0.3, 0.4) is 0 Å². The van der Waals surface area contributed by atoms with E-state index in [0.717, 1.165) is 42.0 Å². The molecule has 7 heteroatoms. The Labute approximate surface area is 181 Å². The first kappa shape index (κ1) is 19.4. The molecule has 0 saturated carbocycles. The van der Waals surface area contributed by atoms with E-state index >= 15 is 0 Å². The van der Waals surface area contributed by atoms with Gasteiger partial charge in [-0.1, -0.05) is 23.7 Å². The molecule has 0 N–H and O–H groups in total. The Morgan fingerprint density at radius 1 is 1.13 bits per heavy atom. The van der Waals surface area contributed by atoms with Crippen molar-refractivity contribution < 1.29 is 9.47 Å². The smallest absolute Gasteiger partial charge is 0.217 e. The minimum Gasteiger partial charge on any atom is -0.497 e. The van der Waals surface area contributed by atoms with Gasteiger partial charge in [-0.25, -0.2) is 4.98 Å². The number of anilines is 1. The van der Waals surface area contributed by atoms with E-state index in [2.05, 4.69) is 25.8 Å². The van der Waals surface area contributed by atoms with Gasteiger partial charge in [-0.05, 0) is 43.1 Å². The summed E-state index contributed by atoms with van der Waals surface area (Å²) in [6.45, 7) is 4.85. The lowest BCUT2D eigenvalue weighted by Crippen LogP contribution is -2.50. The minimum atomic E-state index is 0.405. The quantitative estimate of drug-likeness (QED) is 0.613. The number of pyridine rings is 2. The summed E-state index contributed by atoms with van der Waals surface area (Å²) in [6, 6.07) is 12.3. The first-order valence-corrected chi connectivity index (χ1v) is 10.8. The molecule has 0 amide bonds. The van der Waals surface area contributed by atoms with E-state index in [1.165, 1.54) is 19.4 Å². The van der Waals surface area contributed by atoms with Crippen LogP contribution < -0.4 is 14.4 Å². The van der Waals surface area contributed by atoms with E-state index in [0.29, 0.717) is 29.2 Å². The number of hydrogen-bond donors (Lipinski definition) is 0. The third kappa shape index (κ3) is 3.89. The number of aromatic nitrogens is 2. The third-order valence-corrected chi connectivity index (χ3v) is 6.39. The van der Waals surface area contributed by atoms with E-state index in [-0.39, 0.29) is 0 Å². The summed E-state index contributed by atoms with van der Waals surface area (Å²) in [4.78, 5) is 14.2. The summed E-state index contributed by atoms with van der Waals surface area (Å²) < 4.78 is 11.0. The van der Waals surface area contributed by atoms with Crippen LogP contribution in [-0.2, 0) is 6.61 Å². The van der Waals surface area contributed by atoms with Crippen molar-refractivity contribution in [1.29, 1.82) is 0 Å². The fourth-order valence-corrected chi connectivity index (χ4v) is 4.62. The zero-order valence-electron chi connectivity index (χ0n) is 17.1. The molecule has 5 rings (SSSR count). The number of halogens is 1. The largest absolute Gasteiger partial charge is 0.497 e. The van der Waals surface area contributed by atoms with Gasteiger partial charge in [-0.3, -0.25) is 4.90 Å². The molecule has 1 unspecified atom stereocenters. The Bertz CT molecular complexity index is 1040. The number of nitrogens with zero attached hydrogens (tertiary/aromatic N) is 4. The molecule has 2 saturated heterocycles. The summed E-state index contributed by atoms with van der Waals surface area (Å²) in [7, 11) is 1.65. The van der Waals surface area contributed by atoms with Gasteiger partial charge in [-0.2, -0.15) is 4.98 Å². The lowest BCUT2D eigenvalue weighted by atomic mass is 10.1. The van der Waals surface area contributed by atoms with Gasteiger partial charge in [-0.15, -0.1) is 0 Å². The maximum absolute atomic E-state index is 6.58. The van der Waals surface area contributed by atoms with Gasteiger partial charge in [0.25, 0.3) is 0 Å². The molecular formula is C23H25ClN4O2. The SMILES string of the molecule is COc1ccc(COc2cc(Cl)c3cc(N4CCN5CCCC5C4)cnc3n2)cc1. The van der Waals surface area contributed by atoms with E-state index in [9.17, 15) is 0 Å². The van der Waals surface area contributed by atoms with E-state index in [1.807, 2.05) is 30.5 Å². The standard InChI is InChI=1S/C23H25ClN4O2/c1-29-19-6-4-16(5-7-19)15-30-22-12-21(24)20-11-18(13-25-23(20)26-22)28-10-9-27-8-2-3-17(27)14-28/h4-7,11-13,17H,2-3,8-10,14-15H2,1H3. The van der Waals surface area contributed by atoms with E-state index in [4.69, 9.17) is 21.1 Å². The normalized spacial score (nSPS) is 19.1. The lowest BCUT2D eigenvalue weighted by molar-refractivity contribution is 0.231. The second kappa shape index (κ2) is 8.28. The van der Waals surface area contributed by atoms with Gasteiger partial charge in [0.2, 0.25) is 5.88 Å². The summed E-state index contributed by atoms with van der Waals surface area (Å²) >= 11 is 6.58. The van der Waals surface area contributed by atoms with Crippen LogP contribution in [0.1, 0.15) is 18.4 Å². The third-order valence-electron chi connectivity index (χ3n) is 6.07. The van der Waals surface area contributed by atoms with Gasteiger partial charge in [0.05, 0.1) is 24.0 Å². The predicted molar refractivity (Wildman–Crippen MR) is 119 cm³/mol. The van der Waals surface area contributed by atoms with Gasteiger partial charge >= 0.3 is 0 Å². The molecular weight excluding hydrogens is 400 g/mol. The molecule has 0 bridgehead atoms. The monoisotopic (exact) mass is 424 g/mol. The van der Waals surface area contributed by atoms with Crippen LogP contribution in [0.4, 0.5) is 5.69 Å². The maximum atomic E-state index is 6.58. The number of hydrogen-bond acceptors (Lipinski definition) is 6. The molecule has 2 aliphatic heterocycles. The van der Waals surface area contributed by atoms with Crippen LogP contribution in [0.15, 0.2) is 42.6 Å². The summed E-state index contributed by atoms with van der Waals surface area (Å²) in [5, 5.41) is 1.47. The second-order valence-corrected chi connectivity index (χ2v) is 8.33. The molecule has 6 nitrogen and oxygen atoms in total. The van der Waals surface area contributed by atoms with Crippen molar-refractivity contribution in [2.24, 2.45) is 0 Å². The highest BCUT2D eigenvalue weighted by Crippen LogP contribution is 2.31. The molecule has 1 atom stereocenters. The molecule has 0 spiro atoms. The molecule has 0 aliphatic carbocycles. The van der Waals surface area contributed by atoms with Crippen molar-refractivity contribution in [2.45, 2.75) is 25.5 Å². The Hall–Kier alpha value is -2.57. The number of rotatable bonds is 5.